The molecular formula is C14H22N2O2. The van der Waals surface area contributed by atoms with Gasteiger partial charge in [-0.3, -0.25) is 4.79 Å². The van der Waals surface area contributed by atoms with E-state index in [0.29, 0.717) is 0 Å². The zero-order valence-electron chi connectivity index (χ0n) is 11.5. The average Bonchev–Trinajstić information content (AvgIpc) is 2.25. The third-order valence-corrected chi connectivity index (χ3v) is 2.82. The van der Waals surface area contributed by atoms with Crippen LogP contribution < -0.4 is 16.2 Å². The van der Waals surface area contributed by atoms with Crippen molar-refractivity contribution in [2.45, 2.75) is 39.2 Å². The van der Waals surface area contributed by atoms with E-state index < -0.39 is 11.9 Å². The Morgan fingerprint density at radius 3 is 2.44 bits per heavy atom. The third-order valence-electron chi connectivity index (χ3n) is 2.82. The molecule has 1 aromatic rings. The van der Waals surface area contributed by atoms with Gasteiger partial charge in [-0.2, -0.15) is 0 Å². The molecule has 4 heteroatoms. The van der Waals surface area contributed by atoms with Crippen LogP contribution >= 0.6 is 0 Å². The number of aryl methyl sites for hydroxylation is 1. The van der Waals surface area contributed by atoms with Crippen molar-refractivity contribution >= 4 is 5.91 Å². The second kappa shape index (κ2) is 5.40. The van der Waals surface area contributed by atoms with Gasteiger partial charge in [0.1, 0.15) is 18.4 Å². The van der Waals surface area contributed by atoms with Gasteiger partial charge >= 0.3 is 0 Å². The van der Waals surface area contributed by atoms with E-state index >= 15 is 0 Å². The van der Waals surface area contributed by atoms with Crippen LogP contribution in [0.25, 0.3) is 0 Å². The quantitative estimate of drug-likeness (QED) is 0.849. The van der Waals surface area contributed by atoms with E-state index in [-0.39, 0.29) is 12.0 Å². The summed E-state index contributed by atoms with van der Waals surface area (Å²) in [4.78, 5) is 10.8. The summed E-state index contributed by atoms with van der Waals surface area (Å²) >= 11 is 0. The van der Waals surface area contributed by atoms with Crippen molar-refractivity contribution in [3.8, 4) is 5.75 Å². The van der Waals surface area contributed by atoms with E-state index in [9.17, 15) is 4.79 Å². The smallest absolute Gasteiger partial charge is 0.237 e. The molecule has 0 aromatic heterocycles. The number of ether oxygens (including phenoxy) is 1. The Kier molecular flexibility index (Phi) is 4.35. The number of rotatable bonds is 4. The van der Waals surface area contributed by atoms with Gasteiger partial charge in [0.05, 0.1) is 0 Å². The van der Waals surface area contributed by atoms with Crippen LogP contribution in [0.4, 0.5) is 0 Å². The summed E-state index contributed by atoms with van der Waals surface area (Å²) in [5.74, 6) is 0.179. The topological polar surface area (TPSA) is 78.3 Å². The molecule has 0 bridgehead atoms. The number of benzene rings is 1. The molecule has 100 valence electrons. The highest BCUT2D eigenvalue weighted by atomic mass is 16.5. The molecule has 0 heterocycles. The molecule has 0 aliphatic heterocycles. The molecule has 0 saturated carbocycles. The maximum absolute atomic E-state index is 10.8. The highest BCUT2D eigenvalue weighted by Crippen LogP contribution is 2.27. The maximum Gasteiger partial charge on any atom is 0.237 e. The van der Waals surface area contributed by atoms with E-state index in [1.165, 1.54) is 5.56 Å². The molecule has 18 heavy (non-hydrogen) atoms. The fraction of sp³-hybridized carbons (Fsp3) is 0.500. The van der Waals surface area contributed by atoms with Crippen LogP contribution in [0.3, 0.4) is 0 Å². The predicted octanol–water partition coefficient (Wildman–Crippen LogP) is 1.48. The first-order valence-corrected chi connectivity index (χ1v) is 6.00. The van der Waals surface area contributed by atoms with E-state index in [1.807, 2.05) is 19.1 Å². The predicted molar refractivity (Wildman–Crippen MR) is 72.5 cm³/mol. The Labute approximate surface area is 108 Å². The first-order valence-electron chi connectivity index (χ1n) is 6.00. The Morgan fingerprint density at radius 1 is 1.39 bits per heavy atom. The second-order valence-corrected chi connectivity index (χ2v) is 5.55. The van der Waals surface area contributed by atoms with Crippen molar-refractivity contribution in [3.63, 3.8) is 0 Å². The minimum Gasteiger partial charge on any atom is -0.491 e. The molecule has 1 aromatic carbocycles. The Hall–Kier alpha value is -1.55. The molecular weight excluding hydrogens is 228 g/mol. The molecule has 0 aliphatic rings. The Balaban J connectivity index is 2.78. The lowest BCUT2D eigenvalue weighted by Crippen LogP contribution is -2.41. The number of carbonyl (C=O) groups excluding carboxylic acids is 1. The fourth-order valence-electron chi connectivity index (χ4n) is 1.54. The monoisotopic (exact) mass is 250 g/mol. The summed E-state index contributed by atoms with van der Waals surface area (Å²) in [5.41, 5.74) is 13.0. The fourth-order valence-corrected chi connectivity index (χ4v) is 1.54. The maximum atomic E-state index is 10.8. The summed E-state index contributed by atoms with van der Waals surface area (Å²) in [5, 5.41) is 0. The number of primary amides is 1. The van der Waals surface area contributed by atoms with Gasteiger partial charge in [-0.25, -0.2) is 0 Å². The molecule has 1 amide bonds. The molecule has 0 spiro atoms. The van der Waals surface area contributed by atoms with Crippen molar-refractivity contribution in [3.05, 3.63) is 29.3 Å². The molecule has 4 N–H and O–H groups in total. The molecule has 1 rings (SSSR count). The number of carbonyl (C=O) groups is 1. The summed E-state index contributed by atoms with van der Waals surface area (Å²) < 4.78 is 5.50. The summed E-state index contributed by atoms with van der Waals surface area (Å²) in [6.45, 7) is 8.55. The highest BCUT2D eigenvalue weighted by Gasteiger charge is 2.15. The molecule has 0 saturated heterocycles. The third kappa shape index (κ3) is 3.74. The normalized spacial score (nSPS) is 13.2. The van der Waals surface area contributed by atoms with Crippen LogP contribution in [0, 0.1) is 6.92 Å². The van der Waals surface area contributed by atoms with Crippen molar-refractivity contribution in [2.24, 2.45) is 11.5 Å². The van der Waals surface area contributed by atoms with Gasteiger partial charge in [-0.15, -0.1) is 0 Å². The Morgan fingerprint density at radius 2 is 2.00 bits per heavy atom. The Bertz CT molecular complexity index is 436. The molecule has 1 unspecified atom stereocenters. The highest BCUT2D eigenvalue weighted by molar-refractivity contribution is 5.79. The SMILES string of the molecule is Cc1cc(C(C)(C)C)ccc1OCC(N)C(N)=O. The van der Waals surface area contributed by atoms with Gasteiger partial charge in [-0.05, 0) is 29.5 Å². The summed E-state index contributed by atoms with van der Waals surface area (Å²) in [6, 6.07) is 5.25. The van der Waals surface area contributed by atoms with Crippen LogP contribution in [0.1, 0.15) is 31.9 Å². The largest absolute Gasteiger partial charge is 0.491 e. The zero-order valence-corrected chi connectivity index (χ0v) is 11.5. The van der Waals surface area contributed by atoms with Crippen LogP contribution in [-0.4, -0.2) is 18.6 Å². The second-order valence-electron chi connectivity index (χ2n) is 5.55. The van der Waals surface area contributed by atoms with E-state index in [4.69, 9.17) is 16.2 Å². The lowest BCUT2D eigenvalue weighted by molar-refractivity contribution is -0.119. The van der Waals surface area contributed by atoms with Crippen molar-refractivity contribution in [1.82, 2.24) is 0 Å². The first kappa shape index (κ1) is 14.5. The number of nitrogens with two attached hydrogens (primary N) is 2. The zero-order chi connectivity index (χ0) is 13.9. The van der Waals surface area contributed by atoms with Gasteiger partial charge in [0.25, 0.3) is 0 Å². The van der Waals surface area contributed by atoms with Crippen LogP contribution in [0.2, 0.25) is 0 Å². The van der Waals surface area contributed by atoms with Gasteiger partial charge < -0.3 is 16.2 Å². The number of hydrogen-bond donors (Lipinski definition) is 2. The van der Waals surface area contributed by atoms with Crippen molar-refractivity contribution in [1.29, 1.82) is 0 Å². The first-order chi connectivity index (χ1) is 8.21. The van der Waals surface area contributed by atoms with E-state index in [1.54, 1.807) is 0 Å². The number of hydrogen-bond acceptors (Lipinski definition) is 3. The molecule has 0 radical (unpaired) electrons. The van der Waals surface area contributed by atoms with Gasteiger partial charge in [-0.1, -0.05) is 32.9 Å². The lowest BCUT2D eigenvalue weighted by atomic mass is 9.86. The minimum atomic E-state index is -0.772. The summed E-state index contributed by atoms with van der Waals surface area (Å²) in [7, 11) is 0. The van der Waals surface area contributed by atoms with Crippen LogP contribution in [-0.2, 0) is 10.2 Å². The molecule has 1 atom stereocenters. The van der Waals surface area contributed by atoms with E-state index in [2.05, 4.69) is 26.8 Å². The minimum absolute atomic E-state index is 0.102. The van der Waals surface area contributed by atoms with Gasteiger partial charge in [0, 0.05) is 0 Å². The van der Waals surface area contributed by atoms with Crippen molar-refractivity contribution < 1.29 is 9.53 Å². The van der Waals surface area contributed by atoms with Crippen LogP contribution in [0.15, 0.2) is 18.2 Å². The molecule has 4 nitrogen and oxygen atoms in total. The van der Waals surface area contributed by atoms with Gasteiger partial charge in [0.2, 0.25) is 5.91 Å². The van der Waals surface area contributed by atoms with E-state index in [0.717, 1.165) is 11.3 Å². The molecule has 0 aliphatic carbocycles. The standard InChI is InChI=1S/C14H22N2O2/c1-9-7-10(14(2,3)4)5-6-12(9)18-8-11(15)13(16)17/h5-7,11H,8,15H2,1-4H3,(H2,16,17). The number of amides is 1. The van der Waals surface area contributed by atoms with Crippen molar-refractivity contribution in [2.75, 3.05) is 6.61 Å². The van der Waals surface area contributed by atoms with Gasteiger partial charge in [0.15, 0.2) is 0 Å². The molecule has 0 fully saturated rings. The lowest BCUT2D eigenvalue weighted by Gasteiger charge is -2.21. The summed E-state index contributed by atoms with van der Waals surface area (Å²) in [6.07, 6.45) is 0. The van der Waals surface area contributed by atoms with Crippen LogP contribution in [0.5, 0.6) is 5.75 Å². The average molecular weight is 250 g/mol.